The van der Waals surface area contributed by atoms with Gasteiger partial charge in [0.1, 0.15) is 5.75 Å². The van der Waals surface area contributed by atoms with Gasteiger partial charge < -0.3 is 4.84 Å². The summed E-state index contributed by atoms with van der Waals surface area (Å²) in [5, 5.41) is 3.30. The molecule has 0 amide bonds. The van der Waals surface area contributed by atoms with Crippen molar-refractivity contribution in [2.45, 2.75) is 19.8 Å². The van der Waals surface area contributed by atoms with Crippen LogP contribution in [0.3, 0.4) is 0 Å². The van der Waals surface area contributed by atoms with E-state index in [0.717, 1.165) is 36.4 Å². The van der Waals surface area contributed by atoms with Crippen molar-refractivity contribution in [2.24, 2.45) is 0 Å². The molecule has 1 aromatic heterocycles. The topological polar surface area (TPSA) is 34.1 Å². The lowest BCUT2D eigenvalue weighted by Crippen LogP contribution is -2.16. The fraction of sp³-hybridized carbons (Fsp3) is 0.211. The molecule has 4 heteroatoms. The zero-order valence-electron chi connectivity index (χ0n) is 13.2. The van der Waals surface area contributed by atoms with Crippen LogP contribution in [0.5, 0.6) is 5.75 Å². The first-order valence-electron chi connectivity index (χ1n) is 7.83. The number of nitrogens with one attached hydrogen (secondary N) is 1. The maximum Gasteiger partial charge on any atom is 0.147 e. The lowest BCUT2D eigenvalue weighted by molar-refractivity contribution is 0.202. The van der Waals surface area contributed by atoms with Gasteiger partial charge in [-0.05, 0) is 43.2 Å². The van der Waals surface area contributed by atoms with Crippen LogP contribution in [0.2, 0.25) is 0 Å². The molecule has 0 saturated heterocycles. The predicted molar refractivity (Wildman–Crippen MR) is 95.7 cm³/mol. The van der Waals surface area contributed by atoms with Gasteiger partial charge in [-0.15, -0.1) is 11.3 Å². The lowest BCUT2D eigenvalue weighted by atomic mass is 10.1. The quantitative estimate of drug-likeness (QED) is 0.650. The van der Waals surface area contributed by atoms with Crippen LogP contribution in [0.1, 0.15) is 17.5 Å². The number of benzene rings is 2. The summed E-state index contributed by atoms with van der Waals surface area (Å²) in [5.74, 6) is 0.815. The summed E-state index contributed by atoms with van der Waals surface area (Å²) in [6.07, 6.45) is 2.01. The normalized spacial score (nSPS) is 10.7. The Morgan fingerprint density at radius 3 is 2.52 bits per heavy atom. The second kappa shape index (κ2) is 7.90. The zero-order chi connectivity index (χ0) is 15.9. The number of hydrogen-bond acceptors (Lipinski definition) is 4. The van der Waals surface area contributed by atoms with E-state index in [9.17, 15) is 0 Å². The van der Waals surface area contributed by atoms with Gasteiger partial charge >= 0.3 is 0 Å². The molecule has 3 aromatic rings. The third-order valence-corrected chi connectivity index (χ3v) is 4.42. The summed E-state index contributed by atoms with van der Waals surface area (Å²) in [6.45, 7) is 2.78. The summed E-state index contributed by atoms with van der Waals surface area (Å²) >= 11 is 1.73. The Kier molecular flexibility index (Phi) is 5.40. The lowest BCUT2D eigenvalue weighted by Gasteiger charge is -2.05. The molecule has 0 atom stereocenters. The Morgan fingerprint density at radius 2 is 1.78 bits per heavy atom. The van der Waals surface area contributed by atoms with Crippen molar-refractivity contribution in [3.8, 4) is 17.0 Å². The highest BCUT2D eigenvalue weighted by molar-refractivity contribution is 7.09. The van der Waals surface area contributed by atoms with Crippen molar-refractivity contribution in [3.05, 3.63) is 70.5 Å². The van der Waals surface area contributed by atoms with E-state index in [1.54, 1.807) is 11.3 Å². The summed E-state index contributed by atoms with van der Waals surface area (Å²) in [5.41, 5.74) is 6.36. The van der Waals surface area contributed by atoms with E-state index in [0.29, 0.717) is 0 Å². The third-order valence-electron chi connectivity index (χ3n) is 3.51. The molecule has 0 aliphatic carbocycles. The van der Waals surface area contributed by atoms with Crippen LogP contribution in [-0.4, -0.2) is 11.5 Å². The van der Waals surface area contributed by atoms with Crippen LogP contribution in [0, 0.1) is 0 Å². The highest BCUT2D eigenvalue weighted by Crippen LogP contribution is 2.24. The van der Waals surface area contributed by atoms with Crippen molar-refractivity contribution >= 4 is 11.3 Å². The van der Waals surface area contributed by atoms with Gasteiger partial charge in [-0.25, -0.2) is 4.98 Å². The molecule has 1 N–H and O–H groups in total. The third kappa shape index (κ3) is 4.41. The Labute approximate surface area is 140 Å². The van der Waals surface area contributed by atoms with Crippen molar-refractivity contribution < 1.29 is 4.84 Å². The number of hydrogen-bond donors (Lipinski definition) is 1. The molecule has 0 radical (unpaired) electrons. The van der Waals surface area contributed by atoms with E-state index in [4.69, 9.17) is 9.82 Å². The smallest absolute Gasteiger partial charge is 0.147 e. The second-order valence-corrected chi connectivity index (χ2v) is 6.18. The van der Waals surface area contributed by atoms with E-state index < -0.39 is 0 Å². The minimum Gasteiger partial charge on any atom is -0.409 e. The molecule has 0 fully saturated rings. The molecule has 1 heterocycles. The Bertz CT molecular complexity index is 723. The minimum atomic E-state index is 0.776. The molecular weight excluding hydrogens is 304 g/mol. The average Bonchev–Trinajstić information content (AvgIpc) is 3.08. The summed E-state index contributed by atoms with van der Waals surface area (Å²) in [4.78, 5) is 10.1. The van der Waals surface area contributed by atoms with E-state index in [-0.39, 0.29) is 0 Å². The van der Waals surface area contributed by atoms with Gasteiger partial charge in [0.25, 0.3) is 0 Å². The molecule has 0 saturated carbocycles. The van der Waals surface area contributed by atoms with Crippen LogP contribution in [0.15, 0.2) is 60.0 Å². The fourth-order valence-corrected chi connectivity index (χ4v) is 3.11. The van der Waals surface area contributed by atoms with Gasteiger partial charge in [0.15, 0.2) is 0 Å². The van der Waals surface area contributed by atoms with Crippen molar-refractivity contribution in [2.75, 3.05) is 6.54 Å². The molecule has 0 aliphatic rings. The van der Waals surface area contributed by atoms with E-state index in [1.165, 1.54) is 10.6 Å². The second-order valence-electron chi connectivity index (χ2n) is 5.24. The standard InChI is InChI=1S/C19H20N2OS/c1-2-20-22-17-11-9-16(10-12-17)18-14-23-19(21-18)13-8-15-6-4-3-5-7-15/h3-7,9-12,14,20H,2,8,13H2,1H3. The number of rotatable bonds is 7. The van der Waals surface area contributed by atoms with Crippen molar-refractivity contribution in [1.82, 2.24) is 10.5 Å². The van der Waals surface area contributed by atoms with Crippen molar-refractivity contribution in [1.29, 1.82) is 0 Å². The molecule has 23 heavy (non-hydrogen) atoms. The van der Waals surface area contributed by atoms with Gasteiger partial charge in [-0.2, -0.15) is 5.48 Å². The van der Waals surface area contributed by atoms with Crippen LogP contribution in [0.4, 0.5) is 0 Å². The van der Waals surface area contributed by atoms with Crippen LogP contribution in [0.25, 0.3) is 11.3 Å². The van der Waals surface area contributed by atoms with Gasteiger partial charge in [0.05, 0.1) is 10.7 Å². The minimum absolute atomic E-state index is 0.776. The average molecular weight is 324 g/mol. The van der Waals surface area contributed by atoms with Crippen LogP contribution in [-0.2, 0) is 12.8 Å². The molecule has 0 aliphatic heterocycles. The van der Waals surface area contributed by atoms with Gasteiger partial charge in [-0.3, -0.25) is 0 Å². The summed E-state index contributed by atoms with van der Waals surface area (Å²) < 4.78 is 0. The van der Waals surface area contributed by atoms with Crippen molar-refractivity contribution in [3.63, 3.8) is 0 Å². The van der Waals surface area contributed by atoms with E-state index >= 15 is 0 Å². The molecule has 0 bridgehead atoms. The van der Waals surface area contributed by atoms with Crippen LogP contribution < -0.4 is 10.3 Å². The van der Waals surface area contributed by atoms with Gasteiger partial charge in [0, 0.05) is 23.9 Å². The van der Waals surface area contributed by atoms with E-state index in [2.05, 4.69) is 41.2 Å². The Morgan fingerprint density at radius 1 is 1.00 bits per heavy atom. The maximum atomic E-state index is 5.37. The molecule has 2 aromatic carbocycles. The maximum absolute atomic E-state index is 5.37. The number of hydroxylamine groups is 1. The summed E-state index contributed by atoms with van der Waals surface area (Å²) in [7, 11) is 0. The molecule has 3 rings (SSSR count). The first-order chi connectivity index (χ1) is 11.3. The number of aromatic nitrogens is 1. The zero-order valence-corrected chi connectivity index (χ0v) is 14.0. The first-order valence-corrected chi connectivity index (χ1v) is 8.71. The fourth-order valence-electron chi connectivity index (χ4n) is 2.30. The van der Waals surface area contributed by atoms with Crippen LogP contribution >= 0.6 is 11.3 Å². The van der Waals surface area contributed by atoms with Gasteiger partial charge in [-0.1, -0.05) is 30.3 Å². The molecular formula is C19H20N2OS. The SMILES string of the molecule is CCNOc1ccc(-c2csc(CCc3ccccc3)n2)cc1. The molecule has 0 spiro atoms. The van der Waals surface area contributed by atoms with E-state index in [1.807, 2.05) is 31.2 Å². The Hall–Kier alpha value is -2.17. The molecule has 118 valence electrons. The monoisotopic (exact) mass is 324 g/mol. The highest BCUT2D eigenvalue weighted by Gasteiger charge is 2.05. The summed E-state index contributed by atoms with van der Waals surface area (Å²) in [6, 6.07) is 18.6. The molecule has 3 nitrogen and oxygen atoms in total. The number of aryl methyl sites for hydroxylation is 2. The number of thiazole rings is 1. The van der Waals surface area contributed by atoms with Gasteiger partial charge in [0.2, 0.25) is 0 Å². The first kappa shape index (κ1) is 15.7. The Balaban J connectivity index is 1.62. The largest absolute Gasteiger partial charge is 0.409 e. The highest BCUT2D eigenvalue weighted by atomic mass is 32.1. The molecule has 0 unspecified atom stereocenters. The predicted octanol–water partition coefficient (Wildman–Crippen LogP) is 4.50. The number of nitrogens with zero attached hydrogens (tertiary/aromatic N) is 1.